The molecule has 12 N–H and O–H groups in total. The highest BCUT2D eigenvalue weighted by Gasteiger charge is 2.53. The van der Waals surface area contributed by atoms with Crippen LogP contribution in [-0.4, -0.2) is 193 Å². The number of hydrogen-bond donors (Lipinski definition) is 12. The van der Waals surface area contributed by atoms with Crippen LogP contribution in [0.1, 0.15) is 322 Å². The normalized spacial score (nSPS) is 27.0. The first kappa shape index (κ1) is 89.2. The molecule has 0 saturated carbocycles. The molecule has 0 aromatic heterocycles. The van der Waals surface area contributed by atoms with Crippen LogP contribution in [0.4, 0.5) is 0 Å². The molecule has 0 radical (unpaired) electrons. The van der Waals surface area contributed by atoms with Crippen molar-refractivity contribution < 1.29 is 89.4 Å². The molecule has 0 aromatic carbocycles. The minimum absolute atomic E-state index is 0.236. The summed E-state index contributed by atoms with van der Waals surface area (Å²) in [4.78, 5) is 13.4. The molecule has 3 aliphatic heterocycles. The van der Waals surface area contributed by atoms with Gasteiger partial charge in [0.05, 0.1) is 38.6 Å². The average Bonchev–Trinajstić information content (AvgIpc) is 0.792. The predicted molar refractivity (Wildman–Crippen MR) is 383 cm³/mol. The standard InChI is InChI=1S/C78H145NO18/c1-3-5-7-9-11-13-15-17-19-20-21-22-23-24-25-26-27-28-29-30-31-32-33-34-35-36-37-38-39-40-41-42-44-46-48-50-52-54-56-66(84)79-61(62(83)55-53-51-49-47-45-43-18-16-14-12-10-8-6-4-2)60-92-76-72(90)69(87)74(64(58-81)94-76)97-78-73(91)70(88)75(65(59-82)95-78)96-77-71(89)68(86)67(85)63(57-80)93-77/h14,16,45,47,53,55,61-65,67-78,80-83,85-91H,3-13,15,17-44,46,48-52,54,56-60H2,1-2H3,(H,79,84)/b16-14+,47-45+,55-53+. The van der Waals surface area contributed by atoms with E-state index in [1.807, 2.05) is 6.08 Å². The molecule has 19 nitrogen and oxygen atoms in total. The van der Waals surface area contributed by atoms with E-state index in [2.05, 4.69) is 43.5 Å². The second-order valence-corrected chi connectivity index (χ2v) is 28.5. The zero-order valence-electron chi connectivity index (χ0n) is 60.8. The third-order valence-electron chi connectivity index (χ3n) is 19.9. The Morgan fingerprint density at radius 3 is 1.03 bits per heavy atom. The Balaban J connectivity index is 1.29. The largest absolute Gasteiger partial charge is 0.394 e. The number of amides is 1. The van der Waals surface area contributed by atoms with Crippen LogP contribution in [0, 0.1) is 0 Å². The molecule has 97 heavy (non-hydrogen) atoms. The summed E-state index contributed by atoms with van der Waals surface area (Å²) in [5.74, 6) is -0.285. The summed E-state index contributed by atoms with van der Waals surface area (Å²) in [6, 6.07) is -0.994. The van der Waals surface area contributed by atoms with Gasteiger partial charge in [-0.05, 0) is 44.9 Å². The van der Waals surface area contributed by atoms with Crippen LogP contribution in [0.3, 0.4) is 0 Å². The lowest BCUT2D eigenvalue weighted by molar-refractivity contribution is -0.379. The zero-order chi connectivity index (χ0) is 70.4. The van der Waals surface area contributed by atoms with Gasteiger partial charge in [0.1, 0.15) is 73.2 Å². The van der Waals surface area contributed by atoms with Gasteiger partial charge in [-0.15, -0.1) is 0 Å². The van der Waals surface area contributed by atoms with Gasteiger partial charge in [-0.2, -0.15) is 0 Å². The van der Waals surface area contributed by atoms with Gasteiger partial charge >= 0.3 is 0 Å². The van der Waals surface area contributed by atoms with Crippen LogP contribution in [-0.2, 0) is 33.2 Å². The molecular formula is C78H145NO18. The maximum Gasteiger partial charge on any atom is 0.220 e. The number of carbonyl (C=O) groups is 1. The molecule has 17 unspecified atom stereocenters. The lowest BCUT2D eigenvalue weighted by atomic mass is 9.96. The highest BCUT2D eigenvalue weighted by Crippen LogP contribution is 2.33. The molecule has 3 heterocycles. The zero-order valence-corrected chi connectivity index (χ0v) is 60.8. The fourth-order valence-corrected chi connectivity index (χ4v) is 13.5. The molecule has 3 rings (SSSR count). The monoisotopic (exact) mass is 1380 g/mol. The first-order valence-electron chi connectivity index (χ1n) is 39.7. The van der Waals surface area contributed by atoms with E-state index in [1.165, 1.54) is 244 Å². The first-order valence-corrected chi connectivity index (χ1v) is 39.7. The van der Waals surface area contributed by atoms with Crippen molar-refractivity contribution in [1.29, 1.82) is 0 Å². The summed E-state index contributed by atoms with van der Waals surface area (Å²) >= 11 is 0. The number of hydrogen-bond acceptors (Lipinski definition) is 18. The second-order valence-electron chi connectivity index (χ2n) is 28.5. The van der Waals surface area contributed by atoms with E-state index in [9.17, 15) is 61.0 Å². The van der Waals surface area contributed by atoms with E-state index >= 15 is 0 Å². The lowest BCUT2D eigenvalue weighted by Crippen LogP contribution is -2.66. The number of carbonyl (C=O) groups excluding carboxylic acids is 1. The Morgan fingerprint density at radius 1 is 0.361 bits per heavy atom. The third-order valence-corrected chi connectivity index (χ3v) is 19.9. The molecule has 570 valence electrons. The maximum absolute atomic E-state index is 13.4. The number of ether oxygens (including phenoxy) is 6. The first-order chi connectivity index (χ1) is 47.3. The van der Waals surface area contributed by atoms with Crippen molar-refractivity contribution in [3.63, 3.8) is 0 Å². The summed E-state index contributed by atoms with van der Waals surface area (Å²) in [6.45, 7) is 1.71. The number of rotatable bonds is 63. The minimum atomic E-state index is -1.98. The highest BCUT2D eigenvalue weighted by atomic mass is 16.8. The van der Waals surface area contributed by atoms with Gasteiger partial charge < -0.3 is 89.9 Å². The van der Waals surface area contributed by atoms with Gasteiger partial charge in [0.2, 0.25) is 5.91 Å². The van der Waals surface area contributed by atoms with Crippen LogP contribution < -0.4 is 5.32 Å². The summed E-state index contributed by atoms with van der Waals surface area (Å²) in [5.41, 5.74) is 0. The Morgan fingerprint density at radius 2 is 0.660 bits per heavy atom. The SMILES string of the molecule is CCCCCC/C=C/CC/C=C/CC/C=C/C(O)C(COC1OC(CO)C(OC2OC(CO)C(OC3OC(CO)C(O)C(O)C3O)C(O)C2O)C(O)C1O)NC(=O)CCCCCCCCCCCCCCCCCCCCCCCCCCCCCCCCCCCCCCCC. The van der Waals surface area contributed by atoms with E-state index in [1.54, 1.807) is 6.08 Å². The van der Waals surface area contributed by atoms with E-state index < -0.39 is 124 Å². The van der Waals surface area contributed by atoms with E-state index in [0.29, 0.717) is 12.8 Å². The van der Waals surface area contributed by atoms with Crippen molar-refractivity contribution in [1.82, 2.24) is 5.32 Å². The molecule has 19 heteroatoms. The lowest BCUT2D eigenvalue weighted by Gasteiger charge is -2.48. The van der Waals surface area contributed by atoms with Crippen molar-refractivity contribution >= 4 is 5.91 Å². The topological polar surface area (TPSA) is 307 Å². The quantitative estimate of drug-likeness (QED) is 0.0199. The molecule has 0 aromatic rings. The molecule has 3 fully saturated rings. The van der Waals surface area contributed by atoms with Crippen molar-refractivity contribution in [2.45, 2.75) is 426 Å². The minimum Gasteiger partial charge on any atom is -0.394 e. The summed E-state index contributed by atoms with van der Waals surface area (Å²) in [5, 5.41) is 121. The van der Waals surface area contributed by atoms with Crippen molar-refractivity contribution in [2.75, 3.05) is 26.4 Å². The smallest absolute Gasteiger partial charge is 0.220 e. The van der Waals surface area contributed by atoms with E-state index in [-0.39, 0.29) is 18.9 Å². The molecule has 3 saturated heterocycles. The second kappa shape index (κ2) is 59.4. The van der Waals surface area contributed by atoms with Crippen LogP contribution in [0.25, 0.3) is 0 Å². The molecule has 1 amide bonds. The van der Waals surface area contributed by atoms with E-state index in [0.717, 1.165) is 44.9 Å². The van der Waals surface area contributed by atoms with Gasteiger partial charge in [0.25, 0.3) is 0 Å². The molecule has 0 aliphatic carbocycles. The molecule has 17 atom stereocenters. The van der Waals surface area contributed by atoms with Crippen molar-refractivity contribution in [3.8, 4) is 0 Å². The van der Waals surface area contributed by atoms with Gasteiger partial charge in [0.15, 0.2) is 18.9 Å². The van der Waals surface area contributed by atoms with Gasteiger partial charge in [0, 0.05) is 6.42 Å². The van der Waals surface area contributed by atoms with Crippen molar-refractivity contribution in [2.24, 2.45) is 0 Å². The van der Waals surface area contributed by atoms with Crippen LogP contribution in [0.2, 0.25) is 0 Å². The molecule has 3 aliphatic rings. The number of nitrogens with one attached hydrogen (secondary N) is 1. The Hall–Kier alpha value is -1.99. The fraction of sp³-hybridized carbons (Fsp3) is 0.910. The molecular weight excluding hydrogens is 1240 g/mol. The van der Waals surface area contributed by atoms with Gasteiger partial charge in [-0.25, -0.2) is 0 Å². The van der Waals surface area contributed by atoms with Crippen LogP contribution >= 0.6 is 0 Å². The summed E-state index contributed by atoms with van der Waals surface area (Å²) < 4.78 is 34.3. The number of aliphatic hydroxyl groups is 11. The Bertz CT molecular complexity index is 1900. The molecule has 0 bridgehead atoms. The maximum atomic E-state index is 13.4. The third kappa shape index (κ3) is 40.0. The fourth-order valence-electron chi connectivity index (χ4n) is 13.5. The highest BCUT2D eigenvalue weighted by molar-refractivity contribution is 5.76. The number of unbranched alkanes of at least 4 members (excludes halogenated alkanes) is 43. The van der Waals surface area contributed by atoms with E-state index in [4.69, 9.17) is 28.4 Å². The van der Waals surface area contributed by atoms with Crippen LogP contribution in [0.5, 0.6) is 0 Å². The van der Waals surface area contributed by atoms with Crippen molar-refractivity contribution in [3.05, 3.63) is 36.5 Å². The number of allylic oxidation sites excluding steroid dienone is 5. The van der Waals surface area contributed by atoms with Gasteiger partial charge in [-0.3, -0.25) is 4.79 Å². The number of aliphatic hydroxyl groups excluding tert-OH is 11. The summed E-state index contributed by atoms with van der Waals surface area (Å²) in [6.07, 6.45) is 46.1. The average molecular weight is 1390 g/mol. The Labute approximate surface area is 587 Å². The predicted octanol–water partition coefficient (Wildman–Crippen LogP) is 12.7. The summed E-state index contributed by atoms with van der Waals surface area (Å²) in [7, 11) is 0. The van der Waals surface area contributed by atoms with Gasteiger partial charge in [-0.1, -0.05) is 307 Å². The van der Waals surface area contributed by atoms with Crippen LogP contribution in [0.15, 0.2) is 36.5 Å². The Kier molecular flexibility index (Phi) is 54.6. The molecule has 0 spiro atoms.